The largest absolute Gasteiger partial charge is 1.00 e. The summed E-state index contributed by atoms with van der Waals surface area (Å²) in [7, 11) is 1.95. The van der Waals surface area contributed by atoms with Crippen LogP contribution in [0.5, 0.6) is 0 Å². The molecule has 96 valence electrons. The fourth-order valence-electron chi connectivity index (χ4n) is 3.59. The van der Waals surface area contributed by atoms with Gasteiger partial charge in [0.1, 0.15) is 0 Å². The zero-order chi connectivity index (χ0) is 10.3. The van der Waals surface area contributed by atoms with Crippen LogP contribution in [0.3, 0.4) is 0 Å². The van der Waals surface area contributed by atoms with E-state index in [1.165, 1.54) is 11.3 Å². The van der Waals surface area contributed by atoms with Gasteiger partial charge in [-0.25, -0.2) is 0 Å². The molecule has 0 aromatic rings. The average Bonchev–Trinajstić information content (AvgIpc) is 2.32. The van der Waals surface area contributed by atoms with Crippen molar-refractivity contribution in [2.45, 2.75) is 75.5 Å². The van der Waals surface area contributed by atoms with E-state index in [9.17, 15) is 0 Å². The van der Waals surface area contributed by atoms with Crippen LogP contribution in [-0.2, 0) is 0 Å². The van der Waals surface area contributed by atoms with Crippen molar-refractivity contribution in [1.29, 1.82) is 0 Å². The lowest BCUT2D eigenvalue weighted by Crippen LogP contribution is -3.00. The van der Waals surface area contributed by atoms with Crippen LogP contribution in [0.4, 0.5) is 0 Å². The molecule has 2 fully saturated rings. The molecule has 0 aliphatic heterocycles. The van der Waals surface area contributed by atoms with Crippen molar-refractivity contribution in [2.75, 3.05) is 0 Å². The average molecular weight is 325 g/mol. The quantitative estimate of drug-likeness (QED) is 0.521. The highest BCUT2D eigenvalue weighted by Crippen LogP contribution is 2.39. The summed E-state index contributed by atoms with van der Waals surface area (Å²) >= 11 is 0. The highest BCUT2D eigenvalue weighted by Gasteiger charge is 2.20. The van der Waals surface area contributed by atoms with Crippen molar-refractivity contribution >= 4 is 23.6 Å². The molecule has 0 spiro atoms. The molecule has 0 bridgehead atoms. The molecule has 2 saturated carbocycles. The van der Waals surface area contributed by atoms with Crippen molar-refractivity contribution < 1.29 is 17.0 Å². The minimum absolute atomic E-state index is 0. The summed E-state index contributed by atoms with van der Waals surface area (Å²) in [5, 5.41) is 0. The minimum atomic E-state index is 0. The third kappa shape index (κ3) is 5.84. The van der Waals surface area contributed by atoms with Gasteiger partial charge in [-0.05, 0) is 51.4 Å². The number of rotatable bonds is 4. The number of hydrogen-bond donors (Lipinski definition) is 0. The summed E-state index contributed by atoms with van der Waals surface area (Å²) in [5.74, 6) is 0. The van der Waals surface area contributed by atoms with Gasteiger partial charge in [-0.1, -0.05) is 12.8 Å². The van der Waals surface area contributed by atoms with E-state index in [-0.39, 0.29) is 17.0 Å². The first-order valence-corrected chi connectivity index (χ1v) is 11.1. The fourth-order valence-corrected chi connectivity index (χ4v) is 11.1. The van der Waals surface area contributed by atoms with Crippen molar-refractivity contribution in [1.82, 2.24) is 0 Å². The van der Waals surface area contributed by atoms with Gasteiger partial charge in [0.2, 0.25) is 0 Å². The Morgan fingerprint density at radius 3 is 1.38 bits per heavy atom. The first kappa shape index (κ1) is 15.5. The molecule has 2 atom stereocenters. The van der Waals surface area contributed by atoms with Crippen LogP contribution in [0.1, 0.15) is 64.2 Å². The number of hydrogen-bond acceptors (Lipinski definition) is 0. The SMILES string of the molecule is [BH2-]([PH2+]C1CCCCC1)[PH2+]C1CCCCC1.[Br-]. The Balaban J connectivity index is 0.00000128. The Morgan fingerprint density at radius 1 is 0.625 bits per heavy atom. The Labute approximate surface area is 116 Å². The highest BCUT2D eigenvalue weighted by atomic mass is 79.9. The molecule has 0 aromatic heterocycles. The van der Waals surface area contributed by atoms with E-state index in [1.807, 2.05) is 0 Å². The van der Waals surface area contributed by atoms with E-state index in [1.54, 1.807) is 64.2 Å². The number of halogens is 1. The maximum Gasteiger partial charge on any atom is 0.286 e. The van der Waals surface area contributed by atoms with Gasteiger partial charge >= 0.3 is 0 Å². The van der Waals surface area contributed by atoms with E-state index in [4.69, 9.17) is 0 Å². The van der Waals surface area contributed by atoms with Crippen LogP contribution in [0.25, 0.3) is 0 Å². The summed E-state index contributed by atoms with van der Waals surface area (Å²) < 4.78 is 0. The summed E-state index contributed by atoms with van der Waals surface area (Å²) in [6, 6.07) is 0. The van der Waals surface area contributed by atoms with Crippen LogP contribution in [0, 0.1) is 0 Å². The topological polar surface area (TPSA) is 0 Å². The third-order valence-electron chi connectivity index (χ3n) is 4.63. The molecular weight excluding hydrogens is 297 g/mol. The summed E-state index contributed by atoms with van der Waals surface area (Å²) in [6.45, 7) is 0.610. The molecular formula is C12H28BBrP2. The normalized spacial score (nSPS) is 25.5. The lowest BCUT2D eigenvalue weighted by atomic mass is 10.0. The van der Waals surface area contributed by atoms with E-state index in [2.05, 4.69) is 0 Å². The van der Waals surface area contributed by atoms with E-state index < -0.39 is 0 Å². The van der Waals surface area contributed by atoms with Gasteiger partial charge in [0.25, 0.3) is 6.72 Å². The second-order valence-electron chi connectivity index (χ2n) is 5.80. The highest BCUT2D eigenvalue weighted by molar-refractivity contribution is 8.01. The second kappa shape index (κ2) is 9.35. The Hall–Kier alpha value is 1.40. The van der Waals surface area contributed by atoms with Crippen molar-refractivity contribution in [2.24, 2.45) is 0 Å². The Morgan fingerprint density at radius 2 is 1.00 bits per heavy atom. The molecule has 0 aromatic carbocycles. The van der Waals surface area contributed by atoms with Gasteiger partial charge in [0, 0.05) is 11.3 Å². The van der Waals surface area contributed by atoms with Gasteiger partial charge in [0.05, 0.1) is 0 Å². The molecule has 0 amide bonds. The predicted molar refractivity (Wildman–Crippen MR) is 81.7 cm³/mol. The molecule has 2 aliphatic rings. The third-order valence-corrected chi connectivity index (χ3v) is 10.9. The van der Waals surface area contributed by atoms with Gasteiger partial charge in [0.15, 0.2) is 0 Å². The van der Waals surface area contributed by atoms with Crippen LogP contribution in [0.2, 0.25) is 0 Å². The van der Waals surface area contributed by atoms with Gasteiger partial charge in [-0.3, -0.25) is 0 Å². The van der Waals surface area contributed by atoms with E-state index in [0.29, 0.717) is 6.72 Å². The molecule has 0 radical (unpaired) electrons. The molecule has 2 unspecified atom stereocenters. The van der Waals surface area contributed by atoms with Crippen molar-refractivity contribution in [3.05, 3.63) is 0 Å². The molecule has 16 heavy (non-hydrogen) atoms. The van der Waals surface area contributed by atoms with E-state index in [0.717, 1.165) is 16.9 Å². The maximum atomic E-state index is 1.63. The molecule has 4 heteroatoms. The standard InChI is InChI=1S/C12H28BP2.BrH/c1-3-7-11(8-4-1)14-13-15-12-9-5-2-6-10-12;/h11-12H,1-10,13-15H2;1H/q+1;/p-1. The first-order valence-electron chi connectivity index (χ1n) is 7.45. The lowest BCUT2D eigenvalue weighted by molar-refractivity contribution is -0.00000295. The molecule has 2 rings (SSSR count). The summed E-state index contributed by atoms with van der Waals surface area (Å²) in [5.41, 5.74) is 2.55. The molecule has 0 nitrogen and oxygen atoms in total. The summed E-state index contributed by atoms with van der Waals surface area (Å²) in [6.07, 6.45) is 15.9. The van der Waals surface area contributed by atoms with Gasteiger partial charge in [-0.2, -0.15) is 0 Å². The maximum absolute atomic E-state index is 1.63. The van der Waals surface area contributed by atoms with Crippen molar-refractivity contribution in [3.8, 4) is 0 Å². The van der Waals surface area contributed by atoms with Crippen molar-refractivity contribution in [3.63, 3.8) is 0 Å². The van der Waals surface area contributed by atoms with Crippen LogP contribution in [0.15, 0.2) is 0 Å². The summed E-state index contributed by atoms with van der Waals surface area (Å²) in [4.78, 5) is 0. The second-order valence-corrected chi connectivity index (χ2v) is 11.7. The lowest BCUT2D eigenvalue weighted by Gasteiger charge is -2.21. The molecule has 2 aliphatic carbocycles. The monoisotopic (exact) mass is 324 g/mol. The van der Waals surface area contributed by atoms with Crippen LogP contribution in [-0.4, -0.2) is 18.0 Å². The first-order chi connectivity index (χ1) is 7.45. The zero-order valence-corrected chi connectivity index (χ0v) is 14.7. The molecule has 0 N–H and O–H groups in total. The van der Waals surface area contributed by atoms with Gasteiger partial charge < -0.3 is 17.0 Å². The van der Waals surface area contributed by atoms with Crippen LogP contribution < -0.4 is 17.0 Å². The minimum Gasteiger partial charge on any atom is -1.00 e. The predicted octanol–water partition coefficient (Wildman–Crippen LogP) is 0.476. The Kier molecular flexibility index (Phi) is 9.04. The Bertz CT molecular complexity index is 150. The molecule has 0 heterocycles. The van der Waals surface area contributed by atoms with Crippen LogP contribution >= 0.6 is 16.9 Å². The zero-order valence-electron chi connectivity index (χ0n) is 10.8. The molecule has 0 saturated heterocycles. The van der Waals surface area contributed by atoms with E-state index >= 15 is 0 Å². The van der Waals surface area contributed by atoms with Gasteiger partial charge in [-0.15, -0.1) is 16.9 Å². The smallest absolute Gasteiger partial charge is 0.286 e. The fraction of sp³-hybridized carbons (Fsp3) is 1.00.